The first-order valence-corrected chi connectivity index (χ1v) is 7.84. The summed E-state index contributed by atoms with van der Waals surface area (Å²) in [4.78, 5) is 15.2. The van der Waals surface area contributed by atoms with Crippen molar-refractivity contribution < 1.29 is 10.0 Å². The van der Waals surface area contributed by atoms with Crippen molar-refractivity contribution in [3.63, 3.8) is 0 Å². The lowest BCUT2D eigenvalue weighted by Crippen LogP contribution is -2.43. The molecule has 1 aliphatic heterocycles. The molecule has 2 rings (SSSR count). The molecule has 1 aromatic carbocycles. The van der Waals surface area contributed by atoms with Gasteiger partial charge in [-0.1, -0.05) is 0 Å². The second-order valence-electron chi connectivity index (χ2n) is 6.00. The first kappa shape index (κ1) is 16.7. The highest BCUT2D eigenvalue weighted by molar-refractivity contribution is 5.55. The van der Waals surface area contributed by atoms with Crippen LogP contribution in [0.4, 0.5) is 11.4 Å². The zero-order chi connectivity index (χ0) is 16.1. The molecular formula is C16H25N3O3. The van der Waals surface area contributed by atoms with E-state index in [1.165, 1.54) is 0 Å². The largest absolute Gasteiger partial charge is 0.396 e. The number of rotatable bonds is 6. The van der Waals surface area contributed by atoms with Gasteiger partial charge in [0.2, 0.25) is 0 Å². The van der Waals surface area contributed by atoms with Crippen LogP contribution in [0, 0.1) is 17.0 Å². The molecule has 0 unspecified atom stereocenters. The molecule has 0 saturated carbocycles. The Kier molecular flexibility index (Phi) is 5.74. The third kappa shape index (κ3) is 3.96. The zero-order valence-electron chi connectivity index (χ0n) is 13.4. The minimum atomic E-state index is -0.332. The molecule has 0 radical (unpaired) electrons. The van der Waals surface area contributed by atoms with Gasteiger partial charge in [0.25, 0.3) is 5.69 Å². The molecule has 1 heterocycles. The standard InChI is InChI=1S/C16H25N3O3/c1-13-12-15(4-5-16(13)19(21)22)18-9-6-14(7-10-18)17(2)8-3-11-20/h4-5,12,14,20H,3,6-11H2,1-2H3. The number of aryl methyl sites for hydroxylation is 1. The Morgan fingerprint density at radius 2 is 2.09 bits per heavy atom. The molecule has 0 amide bonds. The summed E-state index contributed by atoms with van der Waals surface area (Å²) < 4.78 is 0. The van der Waals surface area contributed by atoms with Gasteiger partial charge in [-0.3, -0.25) is 10.1 Å². The van der Waals surface area contributed by atoms with E-state index in [9.17, 15) is 10.1 Å². The monoisotopic (exact) mass is 307 g/mol. The Hall–Kier alpha value is -1.66. The van der Waals surface area contributed by atoms with Gasteiger partial charge in [0.15, 0.2) is 0 Å². The molecule has 1 fully saturated rings. The maximum absolute atomic E-state index is 10.9. The van der Waals surface area contributed by atoms with Crippen LogP contribution in [0.15, 0.2) is 18.2 Å². The van der Waals surface area contributed by atoms with Gasteiger partial charge >= 0.3 is 0 Å². The Labute approximate surface area is 131 Å². The van der Waals surface area contributed by atoms with Crippen molar-refractivity contribution in [2.75, 3.05) is 38.2 Å². The predicted octanol–water partition coefficient (Wildman–Crippen LogP) is 2.19. The number of nitrogens with zero attached hydrogens (tertiary/aromatic N) is 3. The van der Waals surface area contributed by atoms with E-state index >= 15 is 0 Å². The molecule has 0 atom stereocenters. The summed E-state index contributed by atoms with van der Waals surface area (Å²) in [6.07, 6.45) is 2.98. The van der Waals surface area contributed by atoms with E-state index in [0.29, 0.717) is 11.6 Å². The van der Waals surface area contributed by atoms with E-state index in [2.05, 4.69) is 16.8 Å². The fourth-order valence-electron chi connectivity index (χ4n) is 3.11. The molecule has 6 heteroatoms. The van der Waals surface area contributed by atoms with Crippen molar-refractivity contribution in [1.29, 1.82) is 0 Å². The van der Waals surface area contributed by atoms with Crippen LogP contribution in [0.25, 0.3) is 0 Å². The fraction of sp³-hybridized carbons (Fsp3) is 0.625. The lowest BCUT2D eigenvalue weighted by atomic mass is 10.0. The normalized spacial score (nSPS) is 16.3. The number of aliphatic hydroxyl groups is 1. The summed E-state index contributed by atoms with van der Waals surface area (Å²) in [6, 6.07) is 5.92. The molecule has 0 aromatic heterocycles. The van der Waals surface area contributed by atoms with E-state index in [1.54, 1.807) is 13.0 Å². The molecule has 1 N–H and O–H groups in total. The third-order valence-corrected chi connectivity index (χ3v) is 4.50. The van der Waals surface area contributed by atoms with Gasteiger partial charge < -0.3 is 14.9 Å². The first-order valence-electron chi connectivity index (χ1n) is 7.84. The van der Waals surface area contributed by atoms with Crippen LogP contribution in [-0.2, 0) is 0 Å². The lowest BCUT2D eigenvalue weighted by Gasteiger charge is -2.38. The average molecular weight is 307 g/mol. The fourth-order valence-corrected chi connectivity index (χ4v) is 3.11. The highest BCUT2D eigenvalue weighted by Gasteiger charge is 2.23. The van der Waals surface area contributed by atoms with Crippen molar-refractivity contribution in [1.82, 2.24) is 4.90 Å². The minimum Gasteiger partial charge on any atom is -0.396 e. The van der Waals surface area contributed by atoms with Gasteiger partial charge in [-0.15, -0.1) is 0 Å². The Morgan fingerprint density at radius 3 is 2.64 bits per heavy atom. The molecule has 0 spiro atoms. The number of anilines is 1. The average Bonchev–Trinajstić information content (AvgIpc) is 2.52. The number of aliphatic hydroxyl groups excluding tert-OH is 1. The van der Waals surface area contributed by atoms with Crippen LogP contribution in [-0.4, -0.2) is 54.3 Å². The van der Waals surface area contributed by atoms with Crippen LogP contribution < -0.4 is 4.90 Å². The summed E-state index contributed by atoms with van der Waals surface area (Å²) >= 11 is 0. The lowest BCUT2D eigenvalue weighted by molar-refractivity contribution is -0.385. The number of nitro groups is 1. The van der Waals surface area contributed by atoms with E-state index in [4.69, 9.17) is 5.11 Å². The Balaban J connectivity index is 1.94. The van der Waals surface area contributed by atoms with Crippen molar-refractivity contribution in [3.8, 4) is 0 Å². The Morgan fingerprint density at radius 1 is 1.41 bits per heavy atom. The summed E-state index contributed by atoms with van der Waals surface area (Å²) in [5.74, 6) is 0. The van der Waals surface area contributed by atoms with Gasteiger partial charge in [0.1, 0.15) is 0 Å². The summed E-state index contributed by atoms with van der Waals surface area (Å²) in [5, 5.41) is 19.8. The summed E-state index contributed by atoms with van der Waals surface area (Å²) in [5.41, 5.74) is 1.96. The van der Waals surface area contributed by atoms with Crippen molar-refractivity contribution in [3.05, 3.63) is 33.9 Å². The maximum Gasteiger partial charge on any atom is 0.272 e. The number of benzene rings is 1. The molecule has 0 aliphatic carbocycles. The minimum absolute atomic E-state index is 0.183. The highest BCUT2D eigenvalue weighted by atomic mass is 16.6. The van der Waals surface area contributed by atoms with Gasteiger partial charge in [-0.2, -0.15) is 0 Å². The number of nitro benzene ring substituents is 1. The van der Waals surface area contributed by atoms with Crippen LogP contribution in [0.5, 0.6) is 0 Å². The Bertz CT molecular complexity index is 513. The SMILES string of the molecule is Cc1cc(N2CCC(N(C)CCCO)CC2)ccc1[N+](=O)[O-]. The van der Waals surface area contributed by atoms with Gasteiger partial charge in [0.05, 0.1) is 4.92 Å². The predicted molar refractivity (Wildman–Crippen MR) is 87.4 cm³/mol. The second kappa shape index (κ2) is 7.56. The van der Waals surface area contributed by atoms with Crippen molar-refractivity contribution >= 4 is 11.4 Å². The third-order valence-electron chi connectivity index (χ3n) is 4.50. The first-order chi connectivity index (χ1) is 10.5. The van der Waals surface area contributed by atoms with Gasteiger partial charge in [-0.05, 0) is 45.4 Å². The van der Waals surface area contributed by atoms with Crippen LogP contribution in [0.1, 0.15) is 24.8 Å². The highest BCUT2D eigenvalue weighted by Crippen LogP contribution is 2.27. The summed E-state index contributed by atoms with van der Waals surface area (Å²) in [7, 11) is 2.12. The van der Waals surface area contributed by atoms with Crippen LogP contribution in [0.2, 0.25) is 0 Å². The molecule has 1 aliphatic rings. The molecule has 0 bridgehead atoms. The van der Waals surface area contributed by atoms with Crippen molar-refractivity contribution in [2.45, 2.75) is 32.2 Å². The number of hydrogen-bond donors (Lipinski definition) is 1. The van der Waals surface area contributed by atoms with Gasteiger partial charge in [0, 0.05) is 49.6 Å². The molecule has 6 nitrogen and oxygen atoms in total. The van der Waals surface area contributed by atoms with Gasteiger partial charge in [-0.25, -0.2) is 0 Å². The van der Waals surface area contributed by atoms with E-state index in [1.807, 2.05) is 12.1 Å². The number of piperidine rings is 1. The molecule has 1 saturated heterocycles. The molecule has 22 heavy (non-hydrogen) atoms. The molecular weight excluding hydrogens is 282 g/mol. The molecule has 122 valence electrons. The molecule has 1 aromatic rings. The topological polar surface area (TPSA) is 69.8 Å². The van der Waals surface area contributed by atoms with Crippen LogP contribution >= 0.6 is 0 Å². The quantitative estimate of drug-likeness (QED) is 0.644. The van der Waals surface area contributed by atoms with E-state index in [-0.39, 0.29) is 17.2 Å². The number of hydrogen-bond acceptors (Lipinski definition) is 5. The van der Waals surface area contributed by atoms with Crippen molar-refractivity contribution in [2.24, 2.45) is 0 Å². The zero-order valence-corrected chi connectivity index (χ0v) is 13.4. The smallest absolute Gasteiger partial charge is 0.272 e. The van der Waals surface area contributed by atoms with E-state index < -0.39 is 0 Å². The van der Waals surface area contributed by atoms with Crippen LogP contribution in [0.3, 0.4) is 0 Å². The maximum atomic E-state index is 10.9. The summed E-state index contributed by atoms with van der Waals surface area (Å²) in [6.45, 7) is 4.89. The second-order valence-corrected chi connectivity index (χ2v) is 6.00. The van der Waals surface area contributed by atoms with E-state index in [0.717, 1.165) is 44.6 Å².